The van der Waals surface area contributed by atoms with Gasteiger partial charge >= 0.3 is 5.97 Å². The van der Waals surface area contributed by atoms with Crippen LogP contribution < -0.4 is 10.2 Å². The fraction of sp³-hybridized carbons (Fsp3) is 0.0741. The summed E-state index contributed by atoms with van der Waals surface area (Å²) in [7, 11) is 0. The van der Waals surface area contributed by atoms with Gasteiger partial charge in [0.15, 0.2) is 0 Å². The lowest BCUT2D eigenvalue weighted by Crippen LogP contribution is -2.42. The first-order valence-corrected chi connectivity index (χ1v) is 11.3. The molecular formula is C27H21N5O5. The first-order chi connectivity index (χ1) is 18.0. The highest BCUT2D eigenvalue weighted by atomic mass is 16.4. The van der Waals surface area contributed by atoms with Gasteiger partial charge in [-0.2, -0.15) is 0 Å². The molecule has 0 spiro atoms. The van der Waals surface area contributed by atoms with Gasteiger partial charge in [0.2, 0.25) is 0 Å². The molecule has 0 unspecified atom stereocenters. The Kier molecular flexibility index (Phi) is 6.45. The minimum Gasteiger partial charge on any atom is -0.480 e. The molecule has 0 aliphatic carbocycles. The highest BCUT2D eigenvalue weighted by Gasteiger charge is 2.33. The Morgan fingerprint density at radius 1 is 1.08 bits per heavy atom. The number of aliphatic carboxylic acids is 1. The number of hydrogen-bond acceptors (Lipinski definition) is 6. The predicted molar refractivity (Wildman–Crippen MR) is 135 cm³/mol. The van der Waals surface area contributed by atoms with Crippen molar-refractivity contribution in [2.24, 2.45) is 4.99 Å². The Hall–Kier alpha value is -5.25. The smallest absolute Gasteiger partial charge is 0.326 e. The second kappa shape index (κ2) is 10.2. The molecule has 0 saturated heterocycles. The number of aromatic nitrogens is 2. The molecule has 1 aliphatic rings. The number of carboxylic acid groups (broad SMARTS) is 1. The highest BCUT2D eigenvalue weighted by molar-refractivity contribution is 6.33. The van der Waals surface area contributed by atoms with Gasteiger partial charge in [-0.05, 0) is 36.4 Å². The number of aliphatic imine (C=N–C) groups is 1. The largest absolute Gasteiger partial charge is 0.480 e. The van der Waals surface area contributed by atoms with Gasteiger partial charge in [-0.25, -0.2) is 14.8 Å². The number of aromatic amines is 1. The summed E-state index contributed by atoms with van der Waals surface area (Å²) >= 11 is 0. The number of hydrogen-bond donors (Lipinski definition) is 3. The lowest BCUT2D eigenvalue weighted by molar-refractivity contribution is -0.139. The number of imidazole rings is 1. The van der Waals surface area contributed by atoms with Gasteiger partial charge in [0.25, 0.3) is 11.8 Å². The number of carbonyl (C=O) groups excluding carboxylic acids is 2. The Morgan fingerprint density at radius 3 is 2.51 bits per heavy atom. The summed E-state index contributed by atoms with van der Waals surface area (Å²) in [6.45, 7) is 0. The molecule has 1 atom stereocenters. The summed E-state index contributed by atoms with van der Waals surface area (Å²) in [4.78, 5) is 50.5. The molecule has 37 heavy (non-hydrogen) atoms. The van der Waals surface area contributed by atoms with Crippen molar-refractivity contribution in [3.05, 3.63) is 114 Å². The van der Waals surface area contributed by atoms with E-state index in [0.717, 1.165) is 5.56 Å². The number of carboxylic acids is 1. The van der Waals surface area contributed by atoms with Gasteiger partial charge < -0.3 is 19.8 Å². The Labute approximate surface area is 211 Å². The molecular weight excluding hydrogens is 474 g/mol. The Morgan fingerprint density at radius 2 is 1.86 bits per heavy atom. The van der Waals surface area contributed by atoms with E-state index in [-0.39, 0.29) is 23.6 Å². The molecule has 10 nitrogen and oxygen atoms in total. The van der Waals surface area contributed by atoms with Gasteiger partial charge in [0, 0.05) is 35.5 Å². The van der Waals surface area contributed by atoms with Crippen LogP contribution in [0.3, 0.4) is 0 Å². The number of anilines is 1. The highest BCUT2D eigenvalue weighted by Crippen LogP contribution is 2.28. The lowest BCUT2D eigenvalue weighted by atomic mass is 10.1. The van der Waals surface area contributed by atoms with Crippen LogP contribution in [0, 0.1) is 0 Å². The topological polar surface area (TPSA) is 141 Å². The normalized spacial score (nSPS) is 15.0. The van der Waals surface area contributed by atoms with Crippen molar-refractivity contribution in [1.82, 2.24) is 15.3 Å². The van der Waals surface area contributed by atoms with E-state index in [1.54, 1.807) is 30.3 Å². The number of benzene rings is 2. The zero-order chi connectivity index (χ0) is 25.8. The van der Waals surface area contributed by atoms with Crippen molar-refractivity contribution < 1.29 is 23.9 Å². The Bertz CT molecular complexity index is 1470. The third-order valence-electron chi connectivity index (χ3n) is 5.68. The number of furan rings is 1. The molecule has 184 valence electrons. The van der Waals surface area contributed by atoms with Crippen molar-refractivity contribution in [3.63, 3.8) is 0 Å². The maximum atomic E-state index is 13.4. The molecule has 5 rings (SSSR count). The predicted octanol–water partition coefficient (Wildman–Crippen LogP) is 3.26. The first-order valence-electron chi connectivity index (χ1n) is 11.3. The zero-order valence-electron chi connectivity index (χ0n) is 19.4. The van der Waals surface area contributed by atoms with Gasteiger partial charge in [0.05, 0.1) is 18.3 Å². The minimum atomic E-state index is -1.16. The number of carbonyl (C=O) groups is 3. The van der Waals surface area contributed by atoms with Crippen molar-refractivity contribution in [3.8, 4) is 0 Å². The summed E-state index contributed by atoms with van der Waals surface area (Å²) < 4.78 is 5.34. The fourth-order valence-electron chi connectivity index (χ4n) is 3.86. The van der Waals surface area contributed by atoms with Crippen LogP contribution in [-0.2, 0) is 16.0 Å². The Balaban J connectivity index is 1.39. The van der Waals surface area contributed by atoms with Crippen LogP contribution in [0.4, 0.5) is 5.69 Å². The molecule has 3 heterocycles. The van der Waals surface area contributed by atoms with E-state index in [9.17, 15) is 19.5 Å². The number of amides is 2. The number of rotatable bonds is 8. The van der Waals surface area contributed by atoms with Crippen LogP contribution in [0.25, 0.3) is 6.08 Å². The molecule has 4 aromatic rings. The molecule has 2 aromatic heterocycles. The quantitative estimate of drug-likeness (QED) is 0.321. The van der Waals surface area contributed by atoms with Crippen LogP contribution in [0.1, 0.15) is 27.4 Å². The van der Waals surface area contributed by atoms with E-state index in [0.29, 0.717) is 23.0 Å². The first kappa shape index (κ1) is 23.5. The standard InChI is InChI=1S/C27H21N5O5/c33-25(31-23(27(35)36)13-19-15-28-16-29-19)18-8-10-20(11-9-18)32-24(17-5-2-1-3-6-17)30-22(26(32)34)14-21-7-4-12-37-21/h1-12,14-16,23H,13H2,(H,28,29)(H,31,33)(H,35,36)/b22-14-/t23-/m0/s1. The maximum absolute atomic E-state index is 13.4. The number of nitrogens with zero attached hydrogens (tertiary/aromatic N) is 3. The van der Waals surface area contributed by atoms with Crippen molar-refractivity contribution in [1.29, 1.82) is 0 Å². The molecule has 0 radical (unpaired) electrons. The summed E-state index contributed by atoms with van der Waals surface area (Å²) in [5, 5.41) is 12.0. The van der Waals surface area contributed by atoms with Crippen molar-refractivity contribution >= 4 is 35.4 Å². The zero-order valence-corrected chi connectivity index (χ0v) is 19.4. The average molecular weight is 495 g/mol. The summed E-state index contributed by atoms with van der Waals surface area (Å²) in [6, 6.07) is 17.9. The molecule has 1 aliphatic heterocycles. The molecule has 3 N–H and O–H groups in total. The monoisotopic (exact) mass is 495 g/mol. The molecule has 0 bridgehead atoms. The molecule has 0 fully saturated rings. The summed E-state index contributed by atoms with van der Waals surface area (Å²) in [5.74, 6) is -1.14. The van der Waals surface area contributed by atoms with Gasteiger partial charge in [-0.1, -0.05) is 30.3 Å². The van der Waals surface area contributed by atoms with Crippen LogP contribution >= 0.6 is 0 Å². The molecule has 2 aromatic carbocycles. The summed E-state index contributed by atoms with van der Waals surface area (Å²) in [5.41, 5.74) is 2.28. The van der Waals surface area contributed by atoms with E-state index in [4.69, 9.17) is 4.42 Å². The third kappa shape index (κ3) is 5.08. The van der Waals surface area contributed by atoms with Gasteiger partial charge in [-0.15, -0.1) is 0 Å². The van der Waals surface area contributed by atoms with E-state index >= 15 is 0 Å². The van der Waals surface area contributed by atoms with Gasteiger partial charge in [0.1, 0.15) is 23.3 Å². The third-order valence-corrected chi connectivity index (χ3v) is 5.68. The van der Waals surface area contributed by atoms with Crippen LogP contribution in [0.5, 0.6) is 0 Å². The summed E-state index contributed by atoms with van der Waals surface area (Å²) in [6.07, 6.45) is 6.09. The van der Waals surface area contributed by atoms with Crippen LogP contribution in [0.2, 0.25) is 0 Å². The van der Waals surface area contributed by atoms with E-state index in [1.165, 1.54) is 35.8 Å². The van der Waals surface area contributed by atoms with Crippen LogP contribution in [-0.4, -0.2) is 44.7 Å². The van der Waals surface area contributed by atoms with Crippen molar-refractivity contribution in [2.75, 3.05) is 4.90 Å². The van der Waals surface area contributed by atoms with E-state index in [1.807, 2.05) is 30.3 Å². The van der Waals surface area contributed by atoms with E-state index in [2.05, 4.69) is 20.3 Å². The number of nitrogens with one attached hydrogen (secondary N) is 2. The number of amidine groups is 1. The minimum absolute atomic E-state index is 0.0586. The molecule has 2 amide bonds. The average Bonchev–Trinajstić information content (AvgIpc) is 3.68. The molecule has 0 saturated carbocycles. The molecule has 10 heteroatoms. The fourth-order valence-corrected chi connectivity index (χ4v) is 3.86. The second-order valence-electron chi connectivity index (χ2n) is 8.18. The van der Waals surface area contributed by atoms with E-state index < -0.39 is 17.9 Å². The SMILES string of the molecule is O=C(N[C@@H](Cc1cnc[nH]1)C(=O)O)c1ccc(N2C(=O)/C(=C/c3ccco3)N=C2c2ccccc2)cc1. The lowest BCUT2D eigenvalue weighted by Gasteiger charge is -2.19. The second-order valence-corrected chi connectivity index (χ2v) is 8.18. The van der Waals surface area contributed by atoms with Crippen molar-refractivity contribution in [2.45, 2.75) is 12.5 Å². The number of H-pyrrole nitrogens is 1. The maximum Gasteiger partial charge on any atom is 0.326 e. The van der Waals surface area contributed by atoms with Gasteiger partial charge in [-0.3, -0.25) is 14.5 Å². The van der Waals surface area contributed by atoms with Crippen LogP contribution in [0.15, 0.2) is 101 Å².